The number of aromatic hydroxyl groups is 1. The molecule has 1 heterocycles. The Bertz CT molecular complexity index is 533. The van der Waals surface area contributed by atoms with E-state index >= 15 is 0 Å². The topological polar surface area (TPSA) is 88.1 Å². The fourth-order valence-electron chi connectivity index (χ4n) is 2.05. The van der Waals surface area contributed by atoms with Crippen molar-refractivity contribution in [2.45, 2.75) is 0 Å². The van der Waals surface area contributed by atoms with Crippen molar-refractivity contribution in [3.8, 4) is 5.75 Å². The number of ether oxygens (including phenoxy) is 2. The average Bonchev–Trinajstić information content (AvgIpc) is 2.57. The Kier molecular flexibility index (Phi) is 8.89. The molecule has 128 valence electrons. The Labute approximate surface area is 149 Å². The van der Waals surface area contributed by atoms with Gasteiger partial charge in [0.1, 0.15) is 11.3 Å². The molecule has 0 unspecified atom stereocenters. The molecule has 0 aromatic heterocycles. The van der Waals surface area contributed by atoms with Gasteiger partial charge in [-0.25, -0.2) is 4.79 Å². The standard InChI is InChI=1S/C14H18N2O5.CH3I/c1-20-14(19)11-3-2-10(8-12(11)17)15-13(18)9-16-4-6-21-7-5-16;1-2/h2-3,8,17H,4-7,9H2,1H3,(H,15,18);1H3. The second-order valence-electron chi connectivity index (χ2n) is 4.66. The molecular weight excluding hydrogens is 415 g/mol. The molecule has 0 spiro atoms. The number of anilines is 1. The largest absolute Gasteiger partial charge is 0.507 e. The predicted octanol–water partition coefficient (Wildman–Crippen LogP) is 1.50. The number of rotatable bonds is 4. The van der Waals surface area contributed by atoms with Crippen LogP contribution in [0.3, 0.4) is 0 Å². The number of carbonyl (C=O) groups is 2. The van der Waals surface area contributed by atoms with Gasteiger partial charge in [-0.05, 0) is 17.1 Å². The Morgan fingerprint density at radius 2 is 2.00 bits per heavy atom. The van der Waals surface area contributed by atoms with Gasteiger partial charge in [0.05, 0.1) is 26.9 Å². The third-order valence-corrected chi connectivity index (χ3v) is 3.16. The molecule has 1 aromatic carbocycles. The molecule has 1 aliphatic rings. The molecule has 1 saturated heterocycles. The third-order valence-electron chi connectivity index (χ3n) is 3.16. The van der Waals surface area contributed by atoms with E-state index in [9.17, 15) is 14.7 Å². The number of morpholine rings is 1. The molecule has 1 fully saturated rings. The van der Waals surface area contributed by atoms with Crippen molar-refractivity contribution in [3.05, 3.63) is 23.8 Å². The smallest absolute Gasteiger partial charge is 0.341 e. The molecule has 2 N–H and O–H groups in total. The maximum atomic E-state index is 11.9. The van der Waals surface area contributed by atoms with Gasteiger partial charge in [0.25, 0.3) is 0 Å². The summed E-state index contributed by atoms with van der Waals surface area (Å²) in [6, 6.07) is 4.28. The van der Waals surface area contributed by atoms with Crippen molar-refractivity contribution in [1.82, 2.24) is 4.90 Å². The van der Waals surface area contributed by atoms with Gasteiger partial charge in [0.2, 0.25) is 5.91 Å². The molecule has 1 aliphatic heterocycles. The number of nitrogens with zero attached hydrogens (tertiary/aromatic N) is 1. The zero-order valence-corrected chi connectivity index (χ0v) is 15.3. The zero-order chi connectivity index (χ0) is 17.2. The number of halogens is 1. The van der Waals surface area contributed by atoms with Crippen LogP contribution in [0.15, 0.2) is 18.2 Å². The lowest BCUT2D eigenvalue weighted by molar-refractivity contribution is -0.118. The van der Waals surface area contributed by atoms with E-state index in [1.54, 1.807) is 6.07 Å². The molecular formula is C15H21IN2O5. The minimum atomic E-state index is -0.626. The van der Waals surface area contributed by atoms with E-state index in [1.165, 1.54) is 19.2 Å². The van der Waals surface area contributed by atoms with E-state index < -0.39 is 5.97 Å². The molecule has 1 aromatic rings. The first kappa shape index (κ1) is 19.7. The number of benzene rings is 1. The maximum Gasteiger partial charge on any atom is 0.341 e. The summed E-state index contributed by atoms with van der Waals surface area (Å²) in [7, 11) is 1.24. The van der Waals surface area contributed by atoms with Crippen LogP contribution >= 0.6 is 22.6 Å². The first-order valence-corrected chi connectivity index (χ1v) is 9.15. The number of nitrogens with one attached hydrogen (secondary N) is 1. The fourth-order valence-corrected chi connectivity index (χ4v) is 2.05. The molecule has 8 heteroatoms. The number of phenols is 1. The summed E-state index contributed by atoms with van der Waals surface area (Å²) < 4.78 is 9.75. The first-order chi connectivity index (χ1) is 11.1. The van der Waals surface area contributed by atoms with Crippen LogP contribution in [0.2, 0.25) is 0 Å². The predicted molar refractivity (Wildman–Crippen MR) is 95.3 cm³/mol. The molecule has 0 bridgehead atoms. The highest BCUT2D eigenvalue weighted by Crippen LogP contribution is 2.22. The molecule has 1 amide bonds. The second kappa shape index (κ2) is 10.4. The number of carbonyl (C=O) groups excluding carboxylic acids is 2. The Balaban J connectivity index is 0.00000127. The highest BCUT2D eigenvalue weighted by Gasteiger charge is 2.16. The Morgan fingerprint density at radius 1 is 1.35 bits per heavy atom. The number of hydrogen-bond acceptors (Lipinski definition) is 6. The highest BCUT2D eigenvalue weighted by molar-refractivity contribution is 14.1. The van der Waals surface area contributed by atoms with Crippen molar-refractivity contribution in [2.24, 2.45) is 0 Å². The molecule has 0 aliphatic carbocycles. The van der Waals surface area contributed by atoms with Gasteiger partial charge in [-0.15, -0.1) is 0 Å². The van der Waals surface area contributed by atoms with Crippen LogP contribution in [0.1, 0.15) is 10.4 Å². The molecule has 0 atom stereocenters. The van der Waals surface area contributed by atoms with E-state index in [-0.39, 0.29) is 23.8 Å². The van der Waals surface area contributed by atoms with E-state index in [2.05, 4.69) is 32.6 Å². The molecule has 0 radical (unpaired) electrons. The van der Waals surface area contributed by atoms with Crippen molar-refractivity contribution >= 4 is 40.2 Å². The van der Waals surface area contributed by atoms with Crippen LogP contribution in [0.25, 0.3) is 0 Å². The van der Waals surface area contributed by atoms with Crippen molar-refractivity contribution < 1.29 is 24.2 Å². The van der Waals surface area contributed by atoms with Gasteiger partial charge in [0, 0.05) is 24.8 Å². The second-order valence-corrected chi connectivity index (χ2v) is 4.66. The lowest BCUT2D eigenvalue weighted by Gasteiger charge is -2.25. The van der Waals surface area contributed by atoms with E-state index in [0.29, 0.717) is 18.9 Å². The number of hydrogen-bond donors (Lipinski definition) is 2. The average molecular weight is 436 g/mol. The number of amides is 1. The fraction of sp³-hybridized carbons (Fsp3) is 0.467. The van der Waals surface area contributed by atoms with E-state index in [4.69, 9.17) is 4.74 Å². The van der Waals surface area contributed by atoms with Gasteiger partial charge in [-0.3, -0.25) is 9.69 Å². The quantitative estimate of drug-likeness (QED) is 0.423. The van der Waals surface area contributed by atoms with Crippen LogP contribution in [-0.4, -0.2) is 66.8 Å². The van der Waals surface area contributed by atoms with Gasteiger partial charge < -0.3 is 19.9 Å². The zero-order valence-electron chi connectivity index (χ0n) is 13.2. The molecule has 0 saturated carbocycles. The molecule has 2 rings (SSSR count). The monoisotopic (exact) mass is 436 g/mol. The lowest BCUT2D eigenvalue weighted by Crippen LogP contribution is -2.41. The summed E-state index contributed by atoms with van der Waals surface area (Å²) >= 11 is 2.15. The number of phenolic OH excluding ortho intramolecular Hbond substituents is 1. The van der Waals surface area contributed by atoms with Gasteiger partial charge >= 0.3 is 5.97 Å². The van der Waals surface area contributed by atoms with Crippen LogP contribution in [0.4, 0.5) is 5.69 Å². The number of methoxy groups -OCH3 is 1. The van der Waals surface area contributed by atoms with E-state index in [1.807, 2.05) is 9.83 Å². The third kappa shape index (κ3) is 6.32. The minimum absolute atomic E-state index is 0.0590. The first-order valence-electron chi connectivity index (χ1n) is 6.99. The normalized spacial score (nSPS) is 14.4. The number of esters is 1. The van der Waals surface area contributed by atoms with Gasteiger partial charge in [-0.1, -0.05) is 22.6 Å². The van der Waals surface area contributed by atoms with Crippen LogP contribution in [0, 0.1) is 0 Å². The van der Waals surface area contributed by atoms with Crippen molar-refractivity contribution in [3.63, 3.8) is 0 Å². The Morgan fingerprint density at radius 3 is 2.57 bits per heavy atom. The van der Waals surface area contributed by atoms with Crippen LogP contribution < -0.4 is 5.32 Å². The van der Waals surface area contributed by atoms with E-state index in [0.717, 1.165) is 13.1 Å². The highest BCUT2D eigenvalue weighted by atomic mass is 127. The molecule has 7 nitrogen and oxygen atoms in total. The SMILES string of the molecule is CI.COC(=O)c1ccc(NC(=O)CN2CCOCC2)cc1O. The van der Waals surface area contributed by atoms with Crippen LogP contribution in [0.5, 0.6) is 5.75 Å². The molecule has 23 heavy (non-hydrogen) atoms. The van der Waals surface area contributed by atoms with Crippen molar-refractivity contribution in [1.29, 1.82) is 0 Å². The van der Waals surface area contributed by atoms with Gasteiger partial charge in [0.15, 0.2) is 0 Å². The summed E-state index contributed by atoms with van der Waals surface area (Å²) in [5, 5.41) is 12.4. The number of alkyl halides is 1. The minimum Gasteiger partial charge on any atom is -0.507 e. The van der Waals surface area contributed by atoms with Crippen molar-refractivity contribution in [2.75, 3.05) is 50.2 Å². The summed E-state index contributed by atoms with van der Waals surface area (Å²) in [6.07, 6.45) is 0. The van der Waals surface area contributed by atoms with Crippen LogP contribution in [-0.2, 0) is 14.3 Å². The maximum absolute atomic E-state index is 11.9. The summed E-state index contributed by atoms with van der Waals surface area (Å²) in [6.45, 7) is 2.96. The summed E-state index contributed by atoms with van der Waals surface area (Å²) in [4.78, 5) is 27.2. The lowest BCUT2D eigenvalue weighted by atomic mass is 10.2. The summed E-state index contributed by atoms with van der Waals surface area (Å²) in [5.74, 6) is -1.04. The van der Waals surface area contributed by atoms with Gasteiger partial charge in [-0.2, -0.15) is 0 Å². The Hall–Kier alpha value is -1.39. The summed E-state index contributed by atoms with van der Waals surface area (Å²) in [5.41, 5.74) is 0.488.